The molecule has 0 unspecified atom stereocenters. The van der Waals surface area contributed by atoms with E-state index in [1.54, 1.807) is 19.1 Å². The lowest BCUT2D eigenvalue weighted by Gasteiger charge is -2.16. The largest absolute Gasteiger partial charge is 0.495 e. The van der Waals surface area contributed by atoms with Gasteiger partial charge in [0.25, 0.3) is 5.91 Å². The molecule has 0 aliphatic carbocycles. The van der Waals surface area contributed by atoms with Gasteiger partial charge in [0.1, 0.15) is 16.4 Å². The third-order valence-electron chi connectivity index (χ3n) is 3.84. The SMILES string of the molecule is CCOc1ccc(C#N)cc1NC(=O)c1ccc(OC)c(S(=O)(=O)N(C)C)c1. The van der Waals surface area contributed by atoms with Crippen LogP contribution in [0.3, 0.4) is 0 Å². The average Bonchev–Trinajstić information content (AvgIpc) is 2.68. The number of carbonyl (C=O) groups excluding carboxylic acids is 1. The first kappa shape index (κ1) is 21.2. The van der Waals surface area contributed by atoms with Crippen LogP contribution in [0.4, 0.5) is 5.69 Å². The van der Waals surface area contributed by atoms with Crippen molar-refractivity contribution in [2.75, 3.05) is 33.1 Å². The highest BCUT2D eigenvalue weighted by Crippen LogP contribution is 2.29. The molecule has 9 heteroatoms. The van der Waals surface area contributed by atoms with Gasteiger partial charge in [-0.3, -0.25) is 4.79 Å². The zero-order valence-corrected chi connectivity index (χ0v) is 16.8. The number of nitrogens with one attached hydrogen (secondary N) is 1. The van der Waals surface area contributed by atoms with Crippen LogP contribution in [0.15, 0.2) is 41.3 Å². The highest BCUT2D eigenvalue weighted by Gasteiger charge is 2.24. The topological polar surface area (TPSA) is 109 Å². The molecule has 0 radical (unpaired) electrons. The van der Waals surface area contributed by atoms with E-state index in [1.165, 1.54) is 45.5 Å². The summed E-state index contributed by atoms with van der Waals surface area (Å²) in [5.74, 6) is -0.00914. The molecule has 0 saturated carbocycles. The lowest BCUT2D eigenvalue weighted by molar-refractivity contribution is 0.102. The summed E-state index contributed by atoms with van der Waals surface area (Å²) in [4.78, 5) is 12.6. The standard InChI is InChI=1S/C19H21N3O5S/c1-5-27-16-8-6-13(12-20)10-15(16)21-19(23)14-7-9-17(26-4)18(11-14)28(24,25)22(2)3/h6-11H,5H2,1-4H3,(H,21,23). The Morgan fingerprint density at radius 1 is 1.18 bits per heavy atom. The van der Waals surface area contributed by atoms with Crippen LogP contribution in [-0.2, 0) is 10.0 Å². The molecule has 2 aromatic rings. The number of hydrogen-bond acceptors (Lipinski definition) is 6. The molecule has 8 nitrogen and oxygen atoms in total. The van der Waals surface area contributed by atoms with E-state index in [4.69, 9.17) is 14.7 Å². The molecule has 0 heterocycles. The summed E-state index contributed by atoms with van der Waals surface area (Å²) in [6, 6.07) is 10.8. The van der Waals surface area contributed by atoms with Gasteiger partial charge >= 0.3 is 0 Å². The van der Waals surface area contributed by atoms with Crippen LogP contribution >= 0.6 is 0 Å². The Bertz CT molecular complexity index is 1030. The molecule has 1 amide bonds. The fraction of sp³-hybridized carbons (Fsp3) is 0.263. The van der Waals surface area contributed by atoms with Crippen molar-refractivity contribution >= 4 is 21.6 Å². The van der Waals surface area contributed by atoms with E-state index in [9.17, 15) is 13.2 Å². The molecule has 0 aliphatic heterocycles. The van der Waals surface area contributed by atoms with Crippen LogP contribution in [0.2, 0.25) is 0 Å². The number of anilines is 1. The maximum atomic E-state index is 12.7. The zero-order valence-electron chi connectivity index (χ0n) is 16.0. The van der Waals surface area contributed by atoms with Crippen molar-refractivity contribution in [3.63, 3.8) is 0 Å². The van der Waals surface area contributed by atoms with E-state index in [2.05, 4.69) is 5.32 Å². The van der Waals surface area contributed by atoms with Gasteiger partial charge in [0.05, 0.1) is 31.0 Å². The minimum atomic E-state index is -3.82. The molecule has 0 fully saturated rings. The third kappa shape index (κ3) is 4.42. The molecule has 1 N–H and O–H groups in total. The molecule has 0 atom stereocenters. The van der Waals surface area contributed by atoms with Crippen LogP contribution in [0.25, 0.3) is 0 Å². The minimum Gasteiger partial charge on any atom is -0.495 e. The molecule has 0 aliphatic rings. The van der Waals surface area contributed by atoms with E-state index < -0.39 is 15.9 Å². The zero-order chi connectivity index (χ0) is 20.9. The summed E-state index contributed by atoms with van der Waals surface area (Å²) in [7, 11) is 0.322. The van der Waals surface area contributed by atoms with E-state index in [0.717, 1.165) is 4.31 Å². The minimum absolute atomic E-state index is 0.117. The van der Waals surface area contributed by atoms with Gasteiger partial charge in [-0.1, -0.05) is 0 Å². The number of sulfonamides is 1. The molecule has 0 spiro atoms. The summed E-state index contributed by atoms with van der Waals surface area (Å²) < 4.78 is 36.7. The fourth-order valence-electron chi connectivity index (χ4n) is 2.39. The Kier molecular flexibility index (Phi) is 6.62. The maximum absolute atomic E-state index is 12.7. The molecular weight excluding hydrogens is 382 g/mol. The van der Waals surface area contributed by atoms with Crippen molar-refractivity contribution in [1.82, 2.24) is 4.31 Å². The average molecular weight is 403 g/mol. The summed E-state index contributed by atoms with van der Waals surface area (Å²) in [6.07, 6.45) is 0. The van der Waals surface area contributed by atoms with Gasteiger partial charge in [-0.2, -0.15) is 5.26 Å². The van der Waals surface area contributed by atoms with E-state index >= 15 is 0 Å². The molecular formula is C19H21N3O5S. The van der Waals surface area contributed by atoms with Gasteiger partial charge < -0.3 is 14.8 Å². The van der Waals surface area contributed by atoms with E-state index in [0.29, 0.717) is 23.6 Å². The van der Waals surface area contributed by atoms with Crippen molar-refractivity contribution in [1.29, 1.82) is 5.26 Å². The molecule has 0 saturated heterocycles. The molecule has 2 aromatic carbocycles. The Morgan fingerprint density at radius 2 is 1.86 bits per heavy atom. The number of methoxy groups -OCH3 is 1. The smallest absolute Gasteiger partial charge is 0.255 e. The quantitative estimate of drug-likeness (QED) is 0.761. The van der Waals surface area contributed by atoms with Crippen molar-refractivity contribution < 1.29 is 22.7 Å². The van der Waals surface area contributed by atoms with Crippen LogP contribution in [0.1, 0.15) is 22.8 Å². The molecule has 0 bridgehead atoms. The van der Waals surface area contributed by atoms with Crippen LogP contribution in [0, 0.1) is 11.3 Å². The monoisotopic (exact) mass is 403 g/mol. The lowest BCUT2D eigenvalue weighted by atomic mass is 10.1. The summed E-state index contributed by atoms with van der Waals surface area (Å²) in [5.41, 5.74) is 0.786. The second-order valence-corrected chi connectivity index (χ2v) is 7.98. The highest BCUT2D eigenvalue weighted by molar-refractivity contribution is 7.89. The normalized spacial score (nSPS) is 11.0. The predicted molar refractivity (Wildman–Crippen MR) is 104 cm³/mol. The number of ether oxygens (including phenoxy) is 2. The van der Waals surface area contributed by atoms with Crippen molar-refractivity contribution in [3.05, 3.63) is 47.5 Å². The number of benzene rings is 2. The second kappa shape index (κ2) is 8.73. The van der Waals surface area contributed by atoms with Gasteiger partial charge in [-0.25, -0.2) is 12.7 Å². The Hall–Kier alpha value is -3.09. The molecule has 2 rings (SSSR count). The molecule has 148 valence electrons. The van der Waals surface area contributed by atoms with Crippen LogP contribution in [-0.4, -0.2) is 46.4 Å². The van der Waals surface area contributed by atoms with Gasteiger partial charge in [0.2, 0.25) is 10.0 Å². The summed E-state index contributed by atoms with van der Waals surface area (Å²) in [6.45, 7) is 2.17. The highest BCUT2D eigenvalue weighted by atomic mass is 32.2. The Labute approximate surface area is 164 Å². The number of hydrogen-bond donors (Lipinski definition) is 1. The van der Waals surface area contributed by atoms with Crippen LogP contribution < -0.4 is 14.8 Å². The first-order chi connectivity index (χ1) is 13.2. The second-order valence-electron chi connectivity index (χ2n) is 5.86. The van der Waals surface area contributed by atoms with E-state index in [1.807, 2.05) is 6.07 Å². The predicted octanol–water partition coefficient (Wildman–Crippen LogP) is 2.47. The van der Waals surface area contributed by atoms with Gasteiger partial charge in [-0.15, -0.1) is 0 Å². The van der Waals surface area contributed by atoms with Crippen molar-refractivity contribution in [3.8, 4) is 17.6 Å². The van der Waals surface area contributed by atoms with Crippen LogP contribution in [0.5, 0.6) is 11.5 Å². The third-order valence-corrected chi connectivity index (χ3v) is 5.68. The fourth-order valence-corrected chi connectivity index (χ4v) is 3.46. The summed E-state index contributed by atoms with van der Waals surface area (Å²) >= 11 is 0. The first-order valence-corrected chi connectivity index (χ1v) is 9.77. The van der Waals surface area contributed by atoms with Gasteiger partial charge in [0, 0.05) is 19.7 Å². The molecule has 0 aromatic heterocycles. The Morgan fingerprint density at radius 3 is 2.43 bits per heavy atom. The first-order valence-electron chi connectivity index (χ1n) is 8.33. The van der Waals surface area contributed by atoms with Gasteiger partial charge in [-0.05, 0) is 43.3 Å². The van der Waals surface area contributed by atoms with Crippen molar-refractivity contribution in [2.45, 2.75) is 11.8 Å². The summed E-state index contributed by atoms with van der Waals surface area (Å²) in [5, 5.41) is 11.7. The number of amides is 1. The van der Waals surface area contributed by atoms with E-state index in [-0.39, 0.29) is 16.2 Å². The van der Waals surface area contributed by atoms with Gasteiger partial charge in [0.15, 0.2) is 0 Å². The number of rotatable bonds is 7. The van der Waals surface area contributed by atoms with Crippen molar-refractivity contribution in [2.24, 2.45) is 0 Å². The number of nitrogens with zero attached hydrogens (tertiary/aromatic N) is 2. The maximum Gasteiger partial charge on any atom is 0.255 e. The molecule has 28 heavy (non-hydrogen) atoms. The Balaban J connectivity index is 2.45. The number of carbonyl (C=O) groups is 1. The lowest BCUT2D eigenvalue weighted by Crippen LogP contribution is -2.23. The number of nitriles is 1.